The van der Waals surface area contributed by atoms with E-state index < -0.39 is 0 Å². The first-order valence-electron chi connectivity index (χ1n) is 4.48. The van der Waals surface area contributed by atoms with E-state index in [1.165, 1.54) is 0 Å². The summed E-state index contributed by atoms with van der Waals surface area (Å²) in [4.78, 5) is 4.27. The number of aryl methyl sites for hydroxylation is 1. The van der Waals surface area contributed by atoms with E-state index in [0.717, 1.165) is 5.69 Å². The van der Waals surface area contributed by atoms with Gasteiger partial charge in [-0.15, -0.1) is 5.10 Å². The van der Waals surface area contributed by atoms with Crippen molar-refractivity contribution in [3.8, 4) is 0 Å². The van der Waals surface area contributed by atoms with E-state index in [-0.39, 0.29) is 4.83 Å². The molecule has 0 aliphatic rings. The SMILES string of the molecule is Cc1nc(Cn2cc(C(C)Br)nn2)no1. The predicted molar refractivity (Wildman–Crippen MR) is 55.5 cm³/mol. The van der Waals surface area contributed by atoms with Crippen molar-refractivity contribution < 1.29 is 4.52 Å². The van der Waals surface area contributed by atoms with Gasteiger partial charge < -0.3 is 4.52 Å². The molecule has 0 saturated carbocycles. The Morgan fingerprint density at radius 2 is 2.40 bits per heavy atom. The third kappa shape index (κ3) is 2.41. The third-order valence-corrected chi connectivity index (χ3v) is 2.31. The zero-order valence-electron chi connectivity index (χ0n) is 8.38. The van der Waals surface area contributed by atoms with Crippen molar-refractivity contribution in [2.75, 3.05) is 0 Å². The van der Waals surface area contributed by atoms with Crippen molar-refractivity contribution in [3.05, 3.63) is 23.6 Å². The smallest absolute Gasteiger partial charge is 0.223 e. The lowest BCUT2D eigenvalue weighted by atomic mass is 10.4. The van der Waals surface area contributed by atoms with Crippen LogP contribution in [0.5, 0.6) is 0 Å². The second-order valence-electron chi connectivity index (χ2n) is 3.19. The zero-order chi connectivity index (χ0) is 10.8. The molecule has 80 valence electrons. The van der Waals surface area contributed by atoms with Gasteiger partial charge in [0.25, 0.3) is 0 Å². The van der Waals surface area contributed by atoms with Crippen LogP contribution in [-0.2, 0) is 6.54 Å². The summed E-state index contributed by atoms with van der Waals surface area (Å²) in [5.74, 6) is 1.16. The van der Waals surface area contributed by atoms with E-state index in [2.05, 4.69) is 36.4 Å². The molecule has 2 aromatic rings. The van der Waals surface area contributed by atoms with Gasteiger partial charge in [0.05, 0.1) is 16.7 Å². The van der Waals surface area contributed by atoms with Gasteiger partial charge in [-0.1, -0.05) is 26.3 Å². The van der Waals surface area contributed by atoms with Crippen LogP contribution < -0.4 is 0 Å². The van der Waals surface area contributed by atoms with Gasteiger partial charge >= 0.3 is 0 Å². The van der Waals surface area contributed by atoms with Crippen molar-refractivity contribution in [3.63, 3.8) is 0 Å². The molecule has 15 heavy (non-hydrogen) atoms. The van der Waals surface area contributed by atoms with Crippen molar-refractivity contribution in [2.24, 2.45) is 0 Å². The second kappa shape index (κ2) is 4.09. The maximum absolute atomic E-state index is 4.86. The standard InChI is InChI=1S/C8H10BrN5O/c1-5(9)7-3-14(13-11-7)4-8-10-6(2)15-12-8/h3,5H,4H2,1-2H3. The molecule has 0 aliphatic carbocycles. The summed E-state index contributed by atoms with van der Waals surface area (Å²) in [6, 6.07) is 0. The third-order valence-electron chi connectivity index (χ3n) is 1.84. The van der Waals surface area contributed by atoms with Crippen LogP contribution in [0.4, 0.5) is 0 Å². The highest BCUT2D eigenvalue weighted by Crippen LogP contribution is 2.18. The molecule has 2 aromatic heterocycles. The number of alkyl halides is 1. The van der Waals surface area contributed by atoms with Crippen molar-refractivity contribution in [1.82, 2.24) is 25.1 Å². The fraction of sp³-hybridized carbons (Fsp3) is 0.500. The van der Waals surface area contributed by atoms with Crippen LogP contribution in [0, 0.1) is 6.92 Å². The lowest BCUT2D eigenvalue weighted by Gasteiger charge is -1.94. The average Bonchev–Trinajstić information content (AvgIpc) is 2.76. The summed E-state index contributed by atoms with van der Waals surface area (Å²) < 4.78 is 6.54. The number of rotatable bonds is 3. The maximum atomic E-state index is 4.86. The molecule has 0 aromatic carbocycles. The van der Waals surface area contributed by atoms with Crippen LogP contribution >= 0.6 is 15.9 Å². The fourth-order valence-corrected chi connectivity index (χ4v) is 1.33. The lowest BCUT2D eigenvalue weighted by molar-refractivity contribution is 0.385. The Labute approximate surface area is 94.8 Å². The molecule has 0 radical (unpaired) electrons. The number of nitrogens with zero attached hydrogens (tertiary/aromatic N) is 5. The van der Waals surface area contributed by atoms with Gasteiger partial charge in [-0.2, -0.15) is 4.98 Å². The Morgan fingerprint density at radius 3 is 2.93 bits per heavy atom. The van der Waals surface area contributed by atoms with Crippen molar-refractivity contribution >= 4 is 15.9 Å². The number of aromatic nitrogens is 5. The molecular formula is C8H10BrN5O. The van der Waals surface area contributed by atoms with Gasteiger partial charge in [-0.25, -0.2) is 4.68 Å². The largest absolute Gasteiger partial charge is 0.340 e. The van der Waals surface area contributed by atoms with Gasteiger partial charge in [0.1, 0.15) is 6.54 Å². The van der Waals surface area contributed by atoms with E-state index in [9.17, 15) is 0 Å². The topological polar surface area (TPSA) is 69.6 Å². The number of hydrogen-bond donors (Lipinski definition) is 0. The summed E-state index contributed by atoms with van der Waals surface area (Å²) >= 11 is 3.42. The normalized spacial score (nSPS) is 13.0. The van der Waals surface area contributed by atoms with Crippen molar-refractivity contribution in [2.45, 2.75) is 25.2 Å². The Hall–Kier alpha value is -1.24. The summed E-state index contributed by atoms with van der Waals surface area (Å²) in [5, 5.41) is 11.7. The molecule has 0 fully saturated rings. The summed E-state index contributed by atoms with van der Waals surface area (Å²) in [7, 11) is 0. The molecule has 1 atom stereocenters. The Kier molecular flexibility index (Phi) is 2.81. The lowest BCUT2D eigenvalue weighted by Crippen LogP contribution is -2.02. The average molecular weight is 272 g/mol. The molecule has 2 rings (SSSR count). The van der Waals surface area contributed by atoms with E-state index in [1.54, 1.807) is 11.6 Å². The highest BCUT2D eigenvalue weighted by molar-refractivity contribution is 9.09. The minimum Gasteiger partial charge on any atom is -0.340 e. The highest BCUT2D eigenvalue weighted by atomic mass is 79.9. The van der Waals surface area contributed by atoms with Crippen LogP contribution in [0.15, 0.2) is 10.7 Å². The first-order chi connectivity index (χ1) is 7.15. The van der Waals surface area contributed by atoms with E-state index >= 15 is 0 Å². The maximum Gasteiger partial charge on any atom is 0.223 e. The molecule has 0 amide bonds. The Balaban J connectivity index is 2.11. The Morgan fingerprint density at radius 1 is 1.60 bits per heavy atom. The van der Waals surface area contributed by atoms with Gasteiger partial charge in [-0.3, -0.25) is 0 Å². The van der Waals surface area contributed by atoms with Crippen LogP contribution in [0.25, 0.3) is 0 Å². The molecule has 7 heteroatoms. The molecule has 0 bridgehead atoms. The quantitative estimate of drug-likeness (QED) is 0.791. The molecule has 0 N–H and O–H groups in total. The molecule has 0 aliphatic heterocycles. The first-order valence-corrected chi connectivity index (χ1v) is 5.40. The van der Waals surface area contributed by atoms with Gasteiger partial charge in [0.2, 0.25) is 5.89 Å². The van der Waals surface area contributed by atoms with Gasteiger partial charge in [-0.05, 0) is 6.92 Å². The summed E-state index contributed by atoms with van der Waals surface area (Å²) in [6.07, 6.45) is 1.85. The van der Waals surface area contributed by atoms with E-state index in [1.807, 2.05) is 13.1 Å². The van der Waals surface area contributed by atoms with Gasteiger partial charge in [0.15, 0.2) is 5.82 Å². The molecule has 0 spiro atoms. The summed E-state index contributed by atoms with van der Waals surface area (Å²) in [6.45, 7) is 4.22. The van der Waals surface area contributed by atoms with Gasteiger partial charge in [0, 0.05) is 6.92 Å². The fourth-order valence-electron chi connectivity index (χ4n) is 1.12. The zero-order valence-corrected chi connectivity index (χ0v) is 9.97. The van der Waals surface area contributed by atoms with Crippen molar-refractivity contribution in [1.29, 1.82) is 0 Å². The molecule has 6 nitrogen and oxygen atoms in total. The minimum absolute atomic E-state index is 0.193. The minimum atomic E-state index is 0.193. The Bertz CT molecular complexity index is 449. The van der Waals surface area contributed by atoms with Crippen LogP contribution in [0.1, 0.15) is 29.2 Å². The first kappa shape index (κ1) is 10.3. The molecule has 0 saturated heterocycles. The monoisotopic (exact) mass is 271 g/mol. The van der Waals surface area contributed by atoms with Crippen LogP contribution in [0.2, 0.25) is 0 Å². The predicted octanol–water partition coefficient (Wildman–Crippen LogP) is 1.47. The van der Waals surface area contributed by atoms with E-state index in [0.29, 0.717) is 18.3 Å². The second-order valence-corrected chi connectivity index (χ2v) is 4.56. The number of hydrogen-bond acceptors (Lipinski definition) is 5. The highest BCUT2D eigenvalue weighted by Gasteiger charge is 2.08. The number of halogens is 1. The molecular weight excluding hydrogens is 262 g/mol. The molecule has 2 heterocycles. The summed E-state index contributed by atoms with van der Waals surface area (Å²) in [5.41, 5.74) is 0.884. The van der Waals surface area contributed by atoms with E-state index in [4.69, 9.17) is 4.52 Å². The van der Waals surface area contributed by atoms with Crippen LogP contribution in [0.3, 0.4) is 0 Å². The van der Waals surface area contributed by atoms with Crippen LogP contribution in [-0.4, -0.2) is 25.1 Å². The molecule has 1 unspecified atom stereocenters.